The zero-order valence-electron chi connectivity index (χ0n) is 10.7. The molecule has 1 unspecified atom stereocenters. The molecule has 0 aliphatic carbocycles. The van der Waals surface area contributed by atoms with Crippen LogP contribution in [0.5, 0.6) is 0 Å². The number of halogens is 1. The first-order valence-corrected chi connectivity index (χ1v) is 6.48. The Hall–Kier alpha value is -2.08. The summed E-state index contributed by atoms with van der Waals surface area (Å²) in [5, 5.41) is 5.22. The van der Waals surface area contributed by atoms with Gasteiger partial charge in [-0.25, -0.2) is 4.79 Å². The highest BCUT2D eigenvalue weighted by molar-refractivity contribution is 6.31. The molecular formula is C13H12ClN3O3. The van der Waals surface area contributed by atoms with E-state index in [0.29, 0.717) is 17.1 Å². The van der Waals surface area contributed by atoms with Crippen molar-refractivity contribution < 1.29 is 14.4 Å². The van der Waals surface area contributed by atoms with Gasteiger partial charge in [0.25, 0.3) is 11.8 Å². The van der Waals surface area contributed by atoms with Crippen molar-refractivity contribution >= 4 is 29.4 Å². The van der Waals surface area contributed by atoms with Crippen LogP contribution in [0.2, 0.25) is 5.02 Å². The first kappa shape index (κ1) is 12.9. The van der Waals surface area contributed by atoms with Crippen LogP contribution in [0.4, 0.5) is 4.79 Å². The van der Waals surface area contributed by atoms with E-state index in [9.17, 15) is 14.4 Å². The highest BCUT2D eigenvalue weighted by atomic mass is 35.5. The Kier molecular flexibility index (Phi) is 2.72. The smallest absolute Gasteiger partial charge is 0.322 e. The largest absolute Gasteiger partial charge is 0.331 e. The van der Waals surface area contributed by atoms with Gasteiger partial charge in [-0.1, -0.05) is 17.7 Å². The molecule has 2 aliphatic rings. The molecule has 1 atom stereocenters. The van der Waals surface area contributed by atoms with E-state index < -0.39 is 17.5 Å². The predicted molar refractivity (Wildman–Crippen MR) is 71.3 cm³/mol. The standard InChI is InChI=1S/C13H12ClN3O3/c1-13(11(19)15-12(20)16-13)6-17-5-7-2-3-8(14)4-9(7)10(17)18/h2-4H,5-6H2,1H3,(H2,15,16,19,20). The van der Waals surface area contributed by atoms with E-state index in [4.69, 9.17) is 11.6 Å². The van der Waals surface area contributed by atoms with Gasteiger partial charge in [-0.05, 0) is 24.6 Å². The van der Waals surface area contributed by atoms with E-state index in [-0.39, 0.29) is 12.5 Å². The third-order valence-corrected chi connectivity index (χ3v) is 3.81. The van der Waals surface area contributed by atoms with E-state index in [2.05, 4.69) is 10.6 Å². The van der Waals surface area contributed by atoms with Crippen LogP contribution in [-0.2, 0) is 11.3 Å². The fourth-order valence-electron chi connectivity index (χ4n) is 2.53. The first-order valence-electron chi connectivity index (χ1n) is 6.10. The molecule has 0 bridgehead atoms. The molecule has 2 aliphatic heterocycles. The molecule has 0 saturated carbocycles. The number of fused-ring (bicyclic) bond motifs is 1. The second-order valence-corrected chi connectivity index (χ2v) is 5.64. The lowest BCUT2D eigenvalue weighted by Crippen LogP contribution is -2.52. The monoisotopic (exact) mass is 293 g/mol. The second-order valence-electron chi connectivity index (χ2n) is 5.20. The topological polar surface area (TPSA) is 78.5 Å². The number of amides is 4. The molecule has 7 heteroatoms. The number of carbonyl (C=O) groups is 3. The third kappa shape index (κ3) is 1.92. The summed E-state index contributed by atoms with van der Waals surface area (Å²) in [5.41, 5.74) is 0.317. The van der Waals surface area contributed by atoms with Crippen molar-refractivity contribution in [1.82, 2.24) is 15.5 Å². The van der Waals surface area contributed by atoms with Crippen LogP contribution in [0.25, 0.3) is 0 Å². The van der Waals surface area contributed by atoms with E-state index in [1.54, 1.807) is 25.1 Å². The zero-order chi connectivity index (χ0) is 14.5. The average Bonchev–Trinajstić information content (AvgIpc) is 2.79. The lowest BCUT2D eigenvalue weighted by molar-refractivity contribution is -0.123. The molecule has 0 aromatic heterocycles. The van der Waals surface area contributed by atoms with Gasteiger partial charge < -0.3 is 10.2 Å². The number of benzene rings is 1. The van der Waals surface area contributed by atoms with Gasteiger partial charge >= 0.3 is 6.03 Å². The van der Waals surface area contributed by atoms with Crippen molar-refractivity contribution in [2.45, 2.75) is 19.0 Å². The average molecular weight is 294 g/mol. The van der Waals surface area contributed by atoms with Crippen molar-refractivity contribution in [2.75, 3.05) is 6.54 Å². The maximum Gasteiger partial charge on any atom is 0.322 e. The molecule has 6 nitrogen and oxygen atoms in total. The van der Waals surface area contributed by atoms with Gasteiger partial charge in [-0.15, -0.1) is 0 Å². The second kappa shape index (κ2) is 4.21. The molecule has 2 heterocycles. The highest BCUT2D eigenvalue weighted by Crippen LogP contribution is 2.27. The van der Waals surface area contributed by atoms with Crippen LogP contribution in [0.1, 0.15) is 22.8 Å². The van der Waals surface area contributed by atoms with Crippen molar-refractivity contribution in [1.29, 1.82) is 0 Å². The summed E-state index contributed by atoms with van der Waals surface area (Å²) >= 11 is 5.88. The number of hydrogen-bond acceptors (Lipinski definition) is 3. The highest BCUT2D eigenvalue weighted by Gasteiger charge is 2.45. The summed E-state index contributed by atoms with van der Waals surface area (Å²) in [5.74, 6) is -0.609. The number of carbonyl (C=O) groups excluding carboxylic acids is 3. The molecule has 2 N–H and O–H groups in total. The van der Waals surface area contributed by atoms with Crippen LogP contribution in [-0.4, -0.2) is 34.8 Å². The molecular weight excluding hydrogens is 282 g/mol. The number of hydrogen-bond donors (Lipinski definition) is 2. The summed E-state index contributed by atoms with van der Waals surface area (Å²) in [6.07, 6.45) is 0. The van der Waals surface area contributed by atoms with Gasteiger partial charge in [-0.3, -0.25) is 14.9 Å². The molecule has 1 aromatic carbocycles. The lowest BCUT2D eigenvalue weighted by atomic mass is 10.0. The normalized spacial score (nSPS) is 24.7. The molecule has 1 saturated heterocycles. The minimum absolute atomic E-state index is 0.121. The fourth-order valence-corrected chi connectivity index (χ4v) is 2.71. The van der Waals surface area contributed by atoms with Gasteiger partial charge in [0, 0.05) is 17.1 Å². The minimum Gasteiger partial charge on any atom is -0.331 e. The Morgan fingerprint density at radius 1 is 1.35 bits per heavy atom. The summed E-state index contributed by atoms with van der Waals surface area (Å²) in [6.45, 7) is 2.12. The quantitative estimate of drug-likeness (QED) is 0.795. The Morgan fingerprint density at radius 2 is 2.10 bits per heavy atom. The van der Waals surface area contributed by atoms with Gasteiger partial charge in [0.05, 0.1) is 6.54 Å². The molecule has 1 aromatic rings. The molecule has 20 heavy (non-hydrogen) atoms. The minimum atomic E-state index is -1.10. The summed E-state index contributed by atoms with van der Waals surface area (Å²) in [7, 11) is 0. The van der Waals surface area contributed by atoms with Crippen molar-refractivity contribution in [2.24, 2.45) is 0 Å². The van der Waals surface area contributed by atoms with E-state index in [0.717, 1.165) is 5.56 Å². The van der Waals surface area contributed by atoms with Crippen LogP contribution in [0.3, 0.4) is 0 Å². The van der Waals surface area contributed by atoms with E-state index in [1.165, 1.54) is 4.90 Å². The van der Waals surface area contributed by atoms with Crippen molar-refractivity contribution in [3.05, 3.63) is 34.3 Å². The van der Waals surface area contributed by atoms with Crippen molar-refractivity contribution in [3.8, 4) is 0 Å². The summed E-state index contributed by atoms with van der Waals surface area (Å²) in [6, 6.07) is 4.60. The Bertz CT molecular complexity index is 646. The molecule has 104 valence electrons. The van der Waals surface area contributed by atoms with Crippen LogP contribution < -0.4 is 10.6 Å². The number of nitrogens with one attached hydrogen (secondary N) is 2. The molecule has 0 radical (unpaired) electrons. The third-order valence-electron chi connectivity index (χ3n) is 3.58. The fraction of sp³-hybridized carbons (Fsp3) is 0.308. The molecule has 0 spiro atoms. The predicted octanol–water partition coefficient (Wildman–Crippen LogP) is 0.894. The van der Waals surface area contributed by atoms with Gasteiger partial charge in [0.15, 0.2) is 0 Å². The Morgan fingerprint density at radius 3 is 2.75 bits per heavy atom. The Balaban J connectivity index is 1.83. The molecule has 3 rings (SSSR count). The maximum absolute atomic E-state index is 12.3. The van der Waals surface area contributed by atoms with Crippen LogP contribution in [0, 0.1) is 0 Å². The number of imide groups is 1. The number of urea groups is 1. The van der Waals surface area contributed by atoms with Gasteiger partial charge in [0.1, 0.15) is 5.54 Å². The maximum atomic E-state index is 12.3. The zero-order valence-corrected chi connectivity index (χ0v) is 11.5. The number of rotatable bonds is 2. The molecule has 1 fully saturated rings. The lowest BCUT2D eigenvalue weighted by Gasteiger charge is -2.26. The van der Waals surface area contributed by atoms with Gasteiger partial charge in [-0.2, -0.15) is 0 Å². The Labute approximate surface area is 120 Å². The summed E-state index contributed by atoms with van der Waals surface area (Å²) in [4.78, 5) is 36.8. The van der Waals surface area contributed by atoms with Crippen molar-refractivity contribution in [3.63, 3.8) is 0 Å². The molecule has 4 amide bonds. The van der Waals surface area contributed by atoms with E-state index >= 15 is 0 Å². The van der Waals surface area contributed by atoms with Crippen LogP contribution in [0.15, 0.2) is 18.2 Å². The van der Waals surface area contributed by atoms with E-state index in [1.807, 2.05) is 0 Å². The van der Waals surface area contributed by atoms with Crippen LogP contribution >= 0.6 is 11.6 Å². The summed E-state index contributed by atoms with van der Waals surface area (Å²) < 4.78 is 0. The first-order chi connectivity index (χ1) is 9.39. The SMILES string of the molecule is CC1(CN2Cc3ccc(Cl)cc3C2=O)NC(=O)NC1=O. The number of nitrogens with zero attached hydrogens (tertiary/aromatic N) is 1. The van der Waals surface area contributed by atoms with Gasteiger partial charge in [0.2, 0.25) is 0 Å².